The highest BCUT2D eigenvalue weighted by Gasteiger charge is 2.33. The molecule has 18 heavy (non-hydrogen) atoms. The van der Waals surface area contributed by atoms with Crippen LogP contribution in [0.5, 0.6) is 5.75 Å². The highest BCUT2D eigenvalue weighted by atomic mass is 35.5. The van der Waals surface area contributed by atoms with Crippen LogP contribution < -0.4 is 4.74 Å². The molecule has 0 N–H and O–H groups in total. The van der Waals surface area contributed by atoms with E-state index in [4.69, 9.17) is 11.6 Å². The van der Waals surface area contributed by atoms with Crippen molar-refractivity contribution in [2.24, 2.45) is 0 Å². The minimum Gasteiger partial charge on any atom is -0.405 e. The summed E-state index contributed by atoms with van der Waals surface area (Å²) in [6, 6.07) is 2.04. The van der Waals surface area contributed by atoms with Gasteiger partial charge < -0.3 is 4.74 Å². The minimum atomic E-state index is -5.02. The first-order valence-electron chi connectivity index (χ1n) is 4.51. The van der Waals surface area contributed by atoms with Crippen molar-refractivity contribution in [2.45, 2.75) is 12.8 Å². The van der Waals surface area contributed by atoms with Gasteiger partial charge in [-0.25, -0.2) is 8.78 Å². The van der Waals surface area contributed by atoms with Crippen molar-refractivity contribution in [2.75, 3.05) is 5.88 Å². The molecule has 0 amide bonds. The molecule has 1 aromatic carbocycles. The highest BCUT2D eigenvalue weighted by molar-refractivity contribution is 6.30. The van der Waals surface area contributed by atoms with Gasteiger partial charge in [0.15, 0.2) is 5.78 Å². The van der Waals surface area contributed by atoms with Crippen molar-refractivity contribution in [1.29, 1.82) is 0 Å². The number of ether oxygens (including phenoxy) is 1. The fraction of sp³-hybridized carbons (Fsp3) is 0.300. The monoisotopic (exact) mass is 288 g/mol. The van der Waals surface area contributed by atoms with Crippen LogP contribution >= 0.6 is 11.6 Å². The molecule has 0 aromatic heterocycles. The molecule has 0 radical (unpaired) electrons. The van der Waals surface area contributed by atoms with Crippen LogP contribution in [0.25, 0.3) is 0 Å². The first-order chi connectivity index (χ1) is 8.24. The van der Waals surface area contributed by atoms with Gasteiger partial charge in [-0.15, -0.1) is 24.8 Å². The SMILES string of the molecule is O=C(CCl)c1cc(C(F)F)ccc1OC(F)(F)F. The molecule has 2 nitrogen and oxygen atoms in total. The Morgan fingerprint density at radius 2 is 1.94 bits per heavy atom. The molecule has 0 saturated carbocycles. The third kappa shape index (κ3) is 3.83. The van der Waals surface area contributed by atoms with Gasteiger partial charge in [-0.2, -0.15) is 0 Å². The minimum absolute atomic E-state index is 0.585. The summed E-state index contributed by atoms with van der Waals surface area (Å²) in [5.41, 5.74) is -1.21. The summed E-state index contributed by atoms with van der Waals surface area (Å²) < 4.78 is 64.4. The predicted octanol–water partition coefficient (Wildman–Crippen LogP) is 3.94. The fourth-order valence-electron chi connectivity index (χ4n) is 1.19. The van der Waals surface area contributed by atoms with Gasteiger partial charge in [-0.3, -0.25) is 4.79 Å². The first kappa shape index (κ1) is 14.7. The smallest absolute Gasteiger partial charge is 0.405 e. The molecule has 0 aliphatic carbocycles. The van der Waals surface area contributed by atoms with E-state index < -0.39 is 41.3 Å². The Bertz CT molecular complexity index is 444. The highest BCUT2D eigenvalue weighted by Crippen LogP contribution is 2.30. The van der Waals surface area contributed by atoms with Crippen molar-refractivity contribution in [3.8, 4) is 5.75 Å². The summed E-state index contributed by atoms with van der Waals surface area (Å²) in [6.07, 6.45) is -7.93. The number of carbonyl (C=O) groups is 1. The average molecular weight is 289 g/mol. The molecule has 0 saturated heterocycles. The molecule has 0 fully saturated rings. The van der Waals surface area contributed by atoms with E-state index in [2.05, 4.69) is 4.74 Å². The quantitative estimate of drug-likeness (QED) is 0.476. The normalized spacial score (nSPS) is 11.7. The molecule has 0 unspecified atom stereocenters. The Kier molecular flexibility index (Phi) is 4.50. The van der Waals surface area contributed by atoms with Crippen molar-refractivity contribution >= 4 is 17.4 Å². The average Bonchev–Trinajstić information content (AvgIpc) is 2.26. The number of carbonyl (C=O) groups excluding carboxylic acids is 1. The van der Waals surface area contributed by atoms with Crippen LogP contribution in [-0.4, -0.2) is 18.0 Å². The molecule has 100 valence electrons. The van der Waals surface area contributed by atoms with Gasteiger partial charge in [0.25, 0.3) is 6.43 Å². The standard InChI is InChI=1S/C10H6ClF5O2/c11-4-7(17)6-3-5(9(12)13)1-2-8(6)18-10(14,15)16/h1-3,9H,4H2. The van der Waals surface area contributed by atoms with Gasteiger partial charge in [0.1, 0.15) is 5.75 Å². The third-order valence-electron chi connectivity index (χ3n) is 1.90. The molecule has 0 atom stereocenters. The lowest BCUT2D eigenvalue weighted by molar-refractivity contribution is -0.274. The molecule has 0 aliphatic heterocycles. The Morgan fingerprint density at radius 1 is 1.33 bits per heavy atom. The molecule has 0 spiro atoms. The van der Waals surface area contributed by atoms with Gasteiger partial charge in [-0.1, -0.05) is 0 Å². The van der Waals surface area contributed by atoms with Crippen LogP contribution in [0.15, 0.2) is 18.2 Å². The Morgan fingerprint density at radius 3 is 2.39 bits per heavy atom. The van der Waals surface area contributed by atoms with E-state index in [9.17, 15) is 26.7 Å². The molecule has 1 aromatic rings. The van der Waals surface area contributed by atoms with Crippen LogP contribution in [0.4, 0.5) is 22.0 Å². The second-order valence-electron chi connectivity index (χ2n) is 3.16. The second-order valence-corrected chi connectivity index (χ2v) is 3.43. The zero-order valence-electron chi connectivity index (χ0n) is 8.60. The maximum absolute atomic E-state index is 12.4. The van der Waals surface area contributed by atoms with Gasteiger partial charge in [0.05, 0.1) is 11.4 Å². The van der Waals surface area contributed by atoms with Crippen LogP contribution in [0.1, 0.15) is 22.3 Å². The lowest BCUT2D eigenvalue weighted by Gasteiger charge is -2.13. The maximum Gasteiger partial charge on any atom is 0.573 e. The summed E-state index contributed by atoms with van der Waals surface area (Å²) in [7, 11) is 0. The van der Waals surface area contributed by atoms with E-state index in [1.165, 1.54) is 0 Å². The number of Topliss-reactive ketones (excluding diaryl/α,β-unsaturated/α-hetero) is 1. The molecule has 0 aliphatic rings. The Hall–Kier alpha value is -1.37. The van der Waals surface area contributed by atoms with E-state index in [0.29, 0.717) is 12.1 Å². The van der Waals surface area contributed by atoms with Crippen molar-refractivity contribution in [1.82, 2.24) is 0 Å². The van der Waals surface area contributed by atoms with E-state index in [1.54, 1.807) is 0 Å². The van der Waals surface area contributed by atoms with Gasteiger partial charge in [-0.05, 0) is 18.2 Å². The van der Waals surface area contributed by atoms with E-state index in [0.717, 1.165) is 6.07 Å². The van der Waals surface area contributed by atoms with Crippen LogP contribution in [0.3, 0.4) is 0 Å². The zero-order chi connectivity index (χ0) is 13.9. The molecular formula is C10H6ClF5O2. The van der Waals surface area contributed by atoms with Crippen molar-refractivity contribution in [3.05, 3.63) is 29.3 Å². The van der Waals surface area contributed by atoms with Crippen LogP contribution in [-0.2, 0) is 0 Å². The maximum atomic E-state index is 12.4. The number of alkyl halides is 6. The lowest BCUT2D eigenvalue weighted by atomic mass is 10.1. The van der Waals surface area contributed by atoms with Gasteiger partial charge >= 0.3 is 6.36 Å². The second kappa shape index (κ2) is 5.51. The molecule has 0 heterocycles. The van der Waals surface area contributed by atoms with Gasteiger partial charge in [0, 0.05) is 5.56 Å². The number of rotatable bonds is 4. The van der Waals surface area contributed by atoms with Crippen molar-refractivity contribution in [3.63, 3.8) is 0 Å². The summed E-state index contributed by atoms with van der Waals surface area (Å²) in [6.45, 7) is 0. The largest absolute Gasteiger partial charge is 0.573 e. The van der Waals surface area contributed by atoms with E-state index in [1.807, 2.05) is 0 Å². The number of hydrogen-bond acceptors (Lipinski definition) is 2. The van der Waals surface area contributed by atoms with Gasteiger partial charge in [0.2, 0.25) is 0 Å². The third-order valence-corrected chi connectivity index (χ3v) is 2.15. The molecular weight excluding hydrogens is 283 g/mol. The van der Waals surface area contributed by atoms with E-state index >= 15 is 0 Å². The molecule has 8 heteroatoms. The van der Waals surface area contributed by atoms with E-state index in [-0.39, 0.29) is 0 Å². The lowest BCUT2D eigenvalue weighted by Crippen LogP contribution is -2.19. The number of hydrogen-bond donors (Lipinski definition) is 0. The zero-order valence-corrected chi connectivity index (χ0v) is 9.36. The summed E-state index contributed by atoms with van der Waals surface area (Å²) in [5.74, 6) is -2.42. The number of benzene rings is 1. The summed E-state index contributed by atoms with van der Waals surface area (Å²) in [5, 5.41) is 0. The fourth-order valence-corrected chi connectivity index (χ4v) is 1.33. The Labute approximate surface area is 103 Å². The first-order valence-corrected chi connectivity index (χ1v) is 5.05. The van der Waals surface area contributed by atoms with Crippen LogP contribution in [0, 0.1) is 0 Å². The van der Waals surface area contributed by atoms with Crippen molar-refractivity contribution < 1.29 is 31.5 Å². The molecule has 0 bridgehead atoms. The topological polar surface area (TPSA) is 26.3 Å². The van der Waals surface area contributed by atoms with Crippen LogP contribution in [0.2, 0.25) is 0 Å². The predicted molar refractivity (Wildman–Crippen MR) is 53.1 cm³/mol. The number of ketones is 1. The summed E-state index contributed by atoms with van der Waals surface area (Å²) in [4.78, 5) is 11.3. The molecule has 1 rings (SSSR count). The summed E-state index contributed by atoms with van der Waals surface area (Å²) >= 11 is 5.19. The Balaban J connectivity index is 3.21. The number of halogens is 6.